The molecule has 0 radical (unpaired) electrons. The zero-order chi connectivity index (χ0) is 25.9. The minimum absolute atomic E-state index is 0.0247. The first-order valence-electron chi connectivity index (χ1n) is 12.5. The number of rotatable bonds is 5. The molecule has 0 aliphatic carbocycles. The maximum Gasteiger partial charge on any atom is 0.256 e. The van der Waals surface area contributed by atoms with Crippen molar-refractivity contribution < 1.29 is 14.4 Å². The summed E-state index contributed by atoms with van der Waals surface area (Å²) in [5, 5.41) is 5.90. The molecule has 7 heteroatoms. The van der Waals surface area contributed by atoms with Gasteiger partial charge in [0, 0.05) is 54.1 Å². The number of anilines is 1. The van der Waals surface area contributed by atoms with Crippen molar-refractivity contribution in [3.63, 3.8) is 0 Å². The van der Waals surface area contributed by atoms with E-state index >= 15 is 0 Å². The normalized spacial score (nSPS) is 17.3. The predicted octanol–water partition coefficient (Wildman–Crippen LogP) is 4.06. The average Bonchev–Trinajstić information content (AvgIpc) is 3.23. The van der Waals surface area contributed by atoms with Crippen LogP contribution in [0.1, 0.15) is 50.4 Å². The highest BCUT2D eigenvalue weighted by Gasteiger charge is 2.26. The number of nitrogens with one attached hydrogen (secondary N) is 2. The van der Waals surface area contributed by atoms with Gasteiger partial charge in [0.25, 0.3) is 17.7 Å². The van der Waals surface area contributed by atoms with E-state index in [0.29, 0.717) is 28.0 Å². The quantitative estimate of drug-likeness (QED) is 0.524. The highest BCUT2D eigenvalue weighted by molar-refractivity contribution is 6.35. The van der Waals surface area contributed by atoms with Crippen molar-refractivity contribution in [1.29, 1.82) is 0 Å². The van der Waals surface area contributed by atoms with Crippen molar-refractivity contribution in [2.75, 3.05) is 38.5 Å². The Balaban J connectivity index is 1.33. The summed E-state index contributed by atoms with van der Waals surface area (Å²) in [7, 11) is 2.06. The van der Waals surface area contributed by atoms with Gasteiger partial charge in [-0.15, -0.1) is 0 Å². The third-order valence-corrected chi connectivity index (χ3v) is 6.97. The summed E-state index contributed by atoms with van der Waals surface area (Å²) in [4.78, 5) is 42.6. The van der Waals surface area contributed by atoms with E-state index in [1.165, 1.54) is 0 Å². The Bertz CT molecular complexity index is 1360. The molecule has 0 saturated carbocycles. The maximum atomic E-state index is 13.0. The third kappa shape index (κ3) is 5.32. The third-order valence-electron chi connectivity index (χ3n) is 6.97. The number of hydrogen-bond acceptors (Lipinski definition) is 4. The van der Waals surface area contributed by atoms with Gasteiger partial charge in [-0.2, -0.15) is 0 Å². The summed E-state index contributed by atoms with van der Waals surface area (Å²) in [6, 6.07) is 22.1. The number of hydrogen-bond donors (Lipinski definition) is 2. The number of benzene rings is 3. The molecule has 0 aromatic heterocycles. The summed E-state index contributed by atoms with van der Waals surface area (Å²) in [6.07, 6.45) is 1.79. The van der Waals surface area contributed by atoms with Crippen LogP contribution in [0.3, 0.4) is 0 Å². The monoisotopic (exact) mass is 494 g/mol. The van der Waals surface area contributed by atoms with E-state index in [-0.39, 0.29) is 23.8 Å². The molecule has 2 heterocycles. The van der Waals surface area contributed by atoms with Gasteiger partial charge in [0.1, 0.15) is 0 Å². The van der Waals surface area contributed by atoms with E-state index in [0.717, 1.165) is 37.3 Å². The first-order chi connectivity index (χ1) is 17.9. The van der Waals surface area contributed by atoms with E-state index < -0.39 is 0 Å². The SMILES string of the molecule is C[C@H](NC(=O)c1ccc2c(c1)/C(=C/c1ccc(C(=O)N3CCN(C)CC3)cc1)C(=O)N2)c1ccccc1. The van der Waals surface area contributed by atoms with Crippen LogP contribution in [0, 0.1) is 0 Å². The Kier molecular flexibility index (Phi) is 6.88. The molecule has 2 N–H and O–H groups in total. The lowest BCUT2D eigenvalue weighted by atomic mass is 10.0. The molecule has 37 heavy (non-hydrogen) atoms. The highest BCUT2D eigenvalue weighted by Crippen LogP contribution is 2.34. The average molecular weight is 495 g/mol. The molecule has 2 aliphatic heterocycles. The Morgan fingerprint density at radius 2 is 1.59 bits per heavy atom. The van der Waals surface area contributed by atoms with E-state index in [1.54, 1.807) is 36.4 Å². The second-order valence-electron chi connectivity index (χ2n) is 9.60. The van der Waals surface area contributed by atoms with Crippen molar-refractivity contribution in [2.24, 2.45) is 0 Å². The van der Waals surface area contributed by atoms with Crippen LogP contribution in [0.5, 0.6) is 0 Å². The summed E-state index contributed by atoms with van der Waals surface area (Å²) in [5.74, 6) is -0.399. The number of fused-ring (bicyclic) bond motifs is 1. The fourth-order valence-electron chi connectivity index (χ4n) is 4.66. The largest absolute Gasteiger partial charge is 0.346 e. The summed E-state index contributed by atoms with van der Waals surface area (Å²) >= 11 is 0. The van der Waals surface area contributed by atoms with Gasteiger partial charge in [0.15, 0.2) is 0 Å². The van der Waals surface area contributed by atoms with Gasteiger partial charge in [-0.05, 0) is 61.5 Å². The molecule has 5 rings (SSSR count). The molecule has 2 aliphatic rings. The van der Waals surface area contributed by atoms with E-state index in [2.05, 4.69) is 22.6 Å². The van der Waals surface area contributed by atoms with Crippen LogP contribution < -0.4 is 10.6 Å². The fourth-order valence-corrected chi connectivity index (χ4v) is 4.66. The van der Waals surface area contributed by atoms with Crippen LogP contribution in [0.2, 0.25) is 0 Å². The lowest BCUT2D eigenvalue weighted by Gasteiger charge is -2.32. The summed E-state index contributed by atoms with van der Waals surface area (Å²) < 4.78 is 0. The molecule has 0 spiro atoms. The Labute approximate surface area is 216 Å². The van der Waals surface area contributed by atoms with Gasteiger partial charge < -0.3 is 20.4 Å². The van der Waals surface area contributed by atoms with Crippen LogP contribution in [-0.2, 0) is 4.79 Å². The van der Waals surface area contributed by atoms with Crippen LogP contribution in [0.4, 0.5) is 5.69 Å². The fraction of sp³-hybridized carbons (Fsp3) is 0.233. The number of carbonyl (C=O) groups excluding carboxylic acids is 3. The Morgan fingerprint density at radius 1 is 0.919 bits per heavy atom. The van der Waals surface area contributed by atoms with E-state index in [1.807, 2.05) is 54.3 Å². The molecule has 188 valence electrons. The zero-order valence-corrected chi connectivity index (χ0v) is 21.0. The van der Waals surface area contributed by atoms with Crippen LogP contribution in [-0.4, -0.2) is 60.7 Å². The highest BCUT2D eigenvalue weighted by atomic mass is 16.2. The molecular formula is C30H30N4O3. The zero-order valence-electron chi connectivity index (χ0n) is 21.0. The van der Waals surface area contributed by atoms with Gasteiger partial charge in [-0.25, -0.2) is 0 Å². The molecule has 1 saturated heterocycles. The number of likely N-dealkylation sites (N-methyl/N-ethyl adjacent to an activating group) is 1. The molecule has 3 amide bonds. The van der Waals surface area contributed by atoms with Crippen LogP contribution in [0.25, 0.3) is 11.6 Å². The van der Waals surface area contributed by atoms with Crippen molar-refractivity contribution in [3.8, 4) is 0 Å². The number of carbonyl (C=O) groups is 3. The van der Waals surface area contributed by atoms with E-state index in [4.69, 9.17) is 0 Å². The molecule has 3 aromatic carbocycles. The van der Waals surface area contributed by atoms with Gasteiger partial charge >= 0.3 is 0 Å². The number of piperazine rings is 1. The summed E-state index contributed by atoms with van der Waals surface area (Å²) in [5.41, 5.74) is 4.78. The molecule has 1 atom stereocenters. The lowest BCUT2D eigenvalue weighted by Crippen LogP contribution is -2.47. The minimum atomic E-state index is -0.220. The van der Waals surface area contributed by atoms with Crippen molar-refractivity contribution in [3.05, 3.63) is 101 Å². The molecule has 1 fully saturated rings. The minimum Gasteiger partial charge on any atom is -0.346 e. The van der Waals surface area contributed by atoms with Crippen molar-refractivity contribution in [1.82, 2.24) is 15.1 Å². The molecular weight excluding hydrogens is 464 g/mol. The smallest absolute Gasteiger partial charge is 0.256 e. The summed E-state index contributed by atoms with van der Waals surface area (Å²) in [6.45, 7) is 5.12. The molecule has 0 bridgehead atoms. The second kappa shape index (κ2) is 10.4. The first kappa shape index (κ1) is 24.5. The predicted molar refractivity (Wildman–Crippen MR) is 145 cm³/mol. The Morgan fingerprint density at radius 3 is 2.30 bits per heavy atom. The van der Waals surface area contributed by atoms with Crippen molar-refractivity contribution in [2.45, 2.75) is 13.0 Å². The number of nitrogens with zero attached hydrogens (tertiary/aromatic N) is 2. The molecule has 7 nitrogen and oxygen atoms in total. The van der Waals surface area contributed by atoms with Crippen molar-refractivity contribution >= 4 is 35.1 Å². The van der Waals surface area contributed by atoms with Gasteiger partial charge in [0.2, 0.25) is 0 Å². The maximum absolute atomic E-state index is 13.0. The molecule has 3 aromatic rings. The number of amides is 3. The topological polar surface area (TPSA) is 81.8 Å². The van der Waals surface area contributed by atoms with Crippen LogP contribution in [0.15, 0.2) is 72.8 Å². The van der Waals surface area contributed by atoms with Gasteiger partial charge in [-0.1, -0.05) is 42.5 Å². The standard InChI is InChI=1S/C30H30N4O3/c1-20(22-6-4-3-5-7-22)31-28(35)24-12-13-27-25(19-24)26(29(36)32-27)18-21-8-10-23(11-9-21)30(37)34-16-14-33(2)15-17-34/h3-13,18-20H,14-17H2,1-2H3,(H,31,35)(H,32,36)/b26-18-/t20-/m0/s1. The lowest BCUT2D eigenvalue weighted by molar-refractivity contribution is -0.110. The van der Waals surface area contributed by atoms with E-state index in [9.17, 15) is 14.4 Å². The first-order valence-corrected chi connectivity index (χ1v) is 12.5. The van der Waals surface area contributed by atoms with Crippen LogP contribution >= 0.6 is 0 Å². The second-order valence-corrected chi connectivity index (χ2v) is 9.60. The Hall–Kier alpha value is -4.23. The van der Waals surface area contributed by atoms with Gasteiger partial charge in [-0.3, -0.25) is 14.4 Å². The molecule has 0 unspecified atom stereocenters. The van der Waals surface area contributed by atoms with Gasteiger partial charge in [0.05, 0.1) is 6.04 Å².